The number of rotatable bonds is 4. The SMILES string of the molecule is CCN(C)S(=O)(=O)NS(C)(=O)=O. The van der Waals surface area contributed by atoms with E-state index in [0.29, 0.717) is 0 Å². The van der Waals surface area contributed by atoms with Gasteiger partial charge in [0.05, 0.1) is 6.26 Å². The lowest BCUT2D eigenvalue weighted by molar-refractivity contribution is 0.481. The van der Waals surface area contributed by atoms with Crippen LogP contribution < -0.4 is 4.13 Å². The summed E-state index contributed by atoms with van der Waals surface area (Å²) in [6.07, 6.45) is 0.786. The molecule has 0 saturated carbocycles. The maximum atomic E-state index is 11.0. The minimum absolute atomic E-state index is 0.213. The highest BCUT2D eigenvalue weighted by molar-refractivity contribution is 8.03. The molecule has 0 aromatic rings. The quantitative estimate of drug-likeness (QED) is 0.635. The molecule has 0 amide bonds. The minimum Gasteiger partial charge on any atom is -0.212 e. The molecule has 0 unspecified atom stereocenters. The van der Waals surface area contributed by atoms with E-state index in [2.05, 4.69) is 0 Å². The number of hydrogen-bond donors (Lipinski definition) is 1. The van der Waals surface area contributed by atoms with Crippen molar-refractivity contribution in [2.24, 2.45) is 0 Å². The van der Waals surface area contributed by atoms with Crippen LogP contribution in [0.4, 0.5) is 0 Å². The molecule has 0 bridgehead atoms. The van der Waals surface area contributed by atoms with E-state index in [1.165, 1.54) is 11.2 Å². The number of nitrogens with one attached hydrogen (secondary N) is 1. The normalized spacial score (nSPS) is 13.7. The lowest BCUT2D eigenvalue weighted by atomic mass is 10.8. The Morgan fingerprint density at radius 2 is 1.67 bits per heavy atom. The first kappa shape index (κ1) is 11.8. The van der Waals surface area contributed by atoms with Crippen LogP contribution >= 0.6 is 0 Å². The summed E-state index contributed by atoms with van der Waals surface area (Å²) in [6.45, 7) is 1.81. The lowest BCUT2D eigenvalue weighted by Gasteiger charge is -2.13. The molecule has 0 fully saturated rings. The molecule has 0 atom stereocenters. The van der Waals surface area contributed by atoms with Crippen molar-refractivity contribution < 1.29 is 16.8 Å². The van der Waals surface area contributed by atoms with Gasteiger partial charge in [0.1, 0.15) is 0 Å². The monoisotopic (exact) mass is 216 g/mol. The largest absolute Gasteiger partial charge is 0.292 e. The summed E-state index contributed by atoms with van der Waals surface area (Å²) in [6, 6.07) is 0. The van der Waals surface area contributed by atoms with Gasteiger partial charge in [0, 0.05) is 13.6 Å². The van der Waals surface area contributed by atoms with Gasteiger partial charge in [-0.25, -0.2) is 8.42 Å². The van der Waals surface area contributed by atoms with Crippen molar-refractivity contribution in [2.45, 2.75) is 6.92 Å². The van der Waals surface area contributed by atoms with Gasteiger partial charge in [0.25, 0.3) is 10.2 Å². The second-order valence-electron chi connectivity index (χ2n) is 2.27. The van der Waals surface area contributed by atoms with Crippen molar-refractivity contribution in [3.05, 3.63) is 0 Å². The summed E-state index contributed by atoms with van der Waals surface area (Å²) in [5.41, 5.74) is 0. The molecular weight excluding hydrogens is 204 g/mol. The first-order chi connectivity index (χ1) is 5.19. The molecule has 0 aliphatic rings. The van der Waals surface area contributed by atoms with Crippen molar-refractivity contribution in [3.8, 4) is 0 Å². The highest BCUT2D eigenvalue weighted by Crippen LogP contribution is 1.93. The summed E-state index contributed by atoms with van der Waals surface area (Å²) in [5, 5.41) is 0. The van der Waals surface area contributed by atoms with E-state index >= 15 is 0 Å². The third kappa shape index (κ3) is 4.00. The molecular formula is C4H12N2O4S2. The van der Waals surface area contributed by atoms with Gasteiger partial charge >= 0.3 is 0 Å². The van der Waals surface area contributed by atoms with E-state index in [0.717, 1.165) is 10.6 Å². The van der Waals surface area contributed by atoms with Crippen molar-refractivity contribution in [1.29, 1.82) is 0 Å². The van der Waals surface area contributed by atoms with Crippen LogP contribution in [0.5, 0.6) is 0 Å². The Balaban J connectivity index is 4.69. The van der Waals surface area contributed by atoms with Crippen LogP contribution in [0.2, 0.25) is 0 Å². The second kappa shape index (κ2) is 3.69. The molecule has 0 aromatic carbocycles. The average Bonchev–Trinajstić information content (AvgIpc) is 1.80. The molecule has 1 N–H and O–H groups in total. The first-order valence-corrected chi connectivity index (χ1v) is 6.47. The van der Waals surface area contributed by atoms with Crippen LogP contribution in [0.1, 0.15) is 6.92 Å². The maximum Gasteiger partial charge on any atom is 0.292 e. The second-order valence-corrected chi connectivity index (χ2v) is 6.06. The van der Waals surface area contributed by atoms with Gasteiger partial charge in [-0.1, -0.05) is 11.1 Å². The Labute approximate surface area is 72.8 Å². The number of nitrogens with zero attached hydrogens (tertiary/aromatic N) is 1. The first-order valence-electron chi connectivity index (χ1n) is 3.14. The molecule has 74 valence electrons. The van der Waals surface area contributed by atoms with Crippen LogP contribution in [0.3, 0.4) is 0 Å². The predicted molar refractivity (Wildman–Crippen MR) is 45.2 cm³/mol. The van der Waals surface area contributed by atoms with Crippen molar-refractivity contribution in [2.75, 3.05) is 19.8 Å². The van der Waals surface area contributed by atoms with Crippen LogP contribution in [0.15, 0.2) is 0 Å². The topological polar surface area (TPSA) is 83.6 Å². The minimum atomic E-state index is -3.87. The lowest BCUT2D eigenvalue weighted by Crippen LogP contribution is -2.40. The fourth-order valence-electron chi connectivity index (χ4n) is 0.425. The summed E-state index contributed by atoms with van der Waals surface area (Å²) < 4.78 is 45.5. The van der Waals surface area contributed by atoms with E-state index in [-0.39, 0.29) is 6.54 Å². The van der Waals surface area contributed by atoms with Gasteiger partial charge in [-0.2, -0.15) is 12.7 Å². The van der Waals surface area contributed by atoms with Gasteiger partial charge in [-0.15, -0.1) is 0 Å². The van der Waals surface area contributed by atoms with Crippen molar-refractivity contribution in [1.82, 2.24) is 8.43 Å². The third-order valence-electron chi connectivity index (χ3n) is 1.11. The molecule has 0 radical (unpaired) electrons. The standard InChI is InChI=1S/C4H12N2O4S2/c1-4-6(2)12(9,10)5-11(3,7)8/h5H,4H2,1-3H3. The average molecular weight is 216 g/mol. The van der Waals surface area contributed by atoms with Crippen LogP contribution in [0.25, 0.3) is 0 Å². The van der Waals surface area contributed by atoms with Crippen LogP contribution in [-0.2, 0) is 20.2 Å². The van der Waals surface area contributed by atoms with E-state index in [4.69, 9.17) is 0 Å². The number of hydrogen-bond acceptors (Lipinski definition) is 4. The Bertz CT molecular complexity index is 330. The molecule has 0 saturated heterocycles. The third-order valence-corrected chi connectivity index (χ3v) is 4.24. The van der Waals surface area contributed by atoms with Crippen molar-refractivity contribution in [3.63, 3.8) is 0 Å². The van der Waals surface area contributed by atoms with E-state index in [9.17, 15) is 16.8 Å². The molecule has 0 spiro atoms. The Morgan fingerprint density at radius 1 is 1.25 bits per heavy atom. The fraction of sp³-hybridized carbons (Fsp3) is 1.00. The Hall–Kier alpha value is -0.180. The highest BCUT2D eigenvalue weighted by atomic mass is 32.3. The number of sulfonamides is 1. The zero-order valence-corrected chi connectivity index (χ0v) is 8.74. The molecule has 0 rings (SSSR count). The molecule has 6 nitrogen and oxygen atoms in total. The van der Waals surface area contributed by atoms with Crippen LogP contribution in [0, 0.1) is 0 Å². The van der Waals surface area contributed by atoms with E-state index in [1.807, 2.05) is 0 Å². The molecule has 12 heavy (non-hydrogen) atoms. The molecule has 8 heteroatoms. The van der Waals surface area contributed by atoms with E-state index in [1.54, 1.807) is 6.92 Å². The fourth-order valence-corrected chi connectivity index (χ4v) is 2.80. The highest BCUT2D eigenvalue weighted by Gasteiger charge is 2.20. The molecule has 0 aliphatic carbocycles. The van der Waals surface area contributed by atoms with Gasteiger partial charge in [0.2, 0.25) is 10.0 Å². The smallest absolute Gasteiger partial charge is 0.212 e. The Morgan fingerprint density at radius 3 is 1.92 bits per heavy atom. The summed E-state index contributed by atoms with van der Waals surface area (Å²) >= 11 is 0. The van der Waals surface area contributed by atoms with Crippen LogP contribution in [-0.4, -0.2) is 41.0 Å². The molecule has 0 heterocycles. The zero-order valence-electron chi connectivity index (χ0n) is 7.10. The van der Waals surface area contributed by atoms with Gasteiger partial charge in [-0.3, -0.25) is 0 Å². The molecule has 0 aromatic heterocycles. The summed E-state index contributed by atoms with van der Waals surface area (Å²) in [5.74, 6) is 0. The maximum absolute atomic E-state index is 11.0. The van der Waals surface area contributed by atoms with E-state index < -0.39 is 20.2 Å². The predicted octanol–water partition coefficient (Wildman–Crippen LogP) is -1.27. The van der Waals surface area contributed by atoms with Gasteiger partial charge in [0.15, 0.2) is 0 Å². The molecule has 0 aliphatic heterocycles. The van der Waals surface area contributed by atoms with Gasteiger partial charge in [-0.05, 0) is 0 Å². The summed E-state index contributed by atoms with van der Waals surface area (Å²) in [7, 11) is -6.30. The van der Waals surface area contributed by atoms with Crippen molar-refractivity contribution >= 4 is 20.2 Å². The van der Waals surface area contributed by atoms with Gasteiger partial charge < -0.3 is 0 Å². The summed E-state index contributed by atoms with van der Waals surface area (Å²) in [4.78, 5) is 0. The Kier molecular flexibility index (Phi) is 3.63. The zero-order chi connectivity index (χ0) is 9.99.